The molecular weight excluding hydrogens is 346 g/mol. The summed E-state index contributed by atoms with van der Waals surface area (Å²) in [6.07, 6.45) is 0. The van der Waals surface area contributed by atoms with Crippen LogP contribution in [0.1, 0.15) is 10.4 Å². The summed E-state index contributed by atoms with van der Waals surface area (Å²) in [4.78, 5) is 12.5. The third-order valence-corrected chi connectivity index (χ3v) is 3.97. The lowest BCUT2D eigenvalue weighted by atomic mass is 10.1. The van der Waals surface area contributed by atoms with Crippen LogP contribution in [-0.4, -0.2) is 32.9 Å². The Bertz CT molecular complexity index is 972. The largest absolute Gasteiger partial charge is 0.454 e. The number of nitrogens with one attached hydrogen (secondary N) is 1. The molecular formula is C16H12ClN5O3. The second-order valence-corrected chi connectivity index (χ2v) is 5.76. The van der Waals surface area contributed by atoms with Crippen LogP contribution < -0.4 is 14.8 Å². The number of nitrogens with zero attached hydrogens (tertiary/aromatic N) is 4. The van der Waals surface area contributed by atoms with Gasteiger partial charge in [0, 0.05) is 23.9 Å². The van der Waals surface area contributed by atoms with Crippen LogP contribution >= 0.6 is 11.6 Å². The van der Waals surface area contributed by atoms with Crippen LogP contribution in [0.3, 0.4) is 0 Å². The van der Waals surface area contributed by atoms with Crippen molar-refractivity contribution in [1.29, 1.82) is 0 Å². The molecule has 0 aliphatic carbocycles. The lowest BCUT2D eigenvalue weighted by Gasteiger charge is -2.08. The number of carbonyl (C=O) groups excluding carboxylic acids is 1. The summed E-state index contributed by atoms with van der Waals surface area (Å²) in [5, 5.41) is 14.5. The first-order valence-corrected chi connectivity index (χ1v) is 7.73. The van der Waals surface area contributed by atoms with Crippen LogP contribution in [0.2, 0.25) is 5.02 Å². The van der Waals surface area contributed by atoms with Crippen molar-refractivity contribution < 1.29 is 14.3 Å². The van der Waals surface area contributed by atoms with E-state index in [4.69, 9.17) is 21.1 Å². The minimum absolute atomic E-state index is 0.0912. The first-order valence-electron chi connectivity index (χ1n) is 7.35. The standard InChI is InChI=1S/C16H12ClN5O3/c1-22-15(19-20-21-22)9-3-2-4-11(5-9)18-16(23)10-6-12(17)14-13(7-10)24-8-25-14/h2-7H,8H2,1H3,(H,18,23). The molecule has 9 heteroatoms. The van der Waals surface area contributed by atoms with Crippen LogP contribution in [0.4, 0.5) is 5.69 Å². The van der Waals surface area contributed by atoms with Crippen LogP contribution in [-0.2, 0) is 7.05 Å². The highest BCUT2D eigenvalue weighted by Gasteiger charge is 2.21. The second kappa shape index (κ2) is 6.06. The second-order valence-electron chi connectivity index (χ2n) is 5.35. The van der Waals surface area contributed by atoms with E-state index in [0.717, 1.165) is 5.56 Å². The summed E-state index contributed by atoms with van der Waals surface area (Å²) in [6, 6.07) is 10.4. The number of tetrazole rings is 1. The van der Waals surface area contributed by atoms with Crippen LogP contribution in [0.5, 0.6) is 11.5 Å². The van der Waals surface area contributed by atoms with Gasteiger partial charge in [0.25, 0.3) is 5.91 Å². The van der Waals surface area contributed by atoms with Gasteiger partial charge in [0.1, 0.15) is 0 Å². The number of hydrogen-bond donors (Lipinski definition) is 1. The highest BCUT2D eigenvalue weighted by atomic mass is 35.5. The molecule has 3 aromatic rings. The van der Waals surface area contributed by atoms with E-state index in [1.54, 1.807) is 36.0 Å². The van der Waals surface area contributed by atoms with E-state index in [-0.39, 0.29) is 12.7 Å². The van der Waals surface area contributed by atoms with Gasteiger partial charge in [0.05, 0.1) is 5.02 Å². The number of anilines is 1. The molecule has 126 valence electrons. The summed E-state index contributed by atoms with van der Waals surface area (Å²) >= 11 is 6.12. The van der Waals surface area contributed by atoms with Crippen molar-refractivity contribution in [3.8, 4) is 22.9 Å². The minimum Gasteiger partial charge on any atom is -0.454 e. The quantitative estimate of drug-likeness (QED) is 0.774. The molecule has 0 saturated carbocycles. The molecule has 4 rings (SSSR count). The van der Waals surface area contributed by atoms with Crippen molar-refractivity contribution in [3.63, 3.8) is 0 Å². The predicted molar refractivity (Wildman–Crippen MR) is 89.8 cm³/mol. The molecule has 0 unspecified atom stereocenters. The van der Waals surface area contributed by atoms with E-state index in [0.29, 0.717) is 33.6 Å². The van der Waals surface area contributed by atoms with Gasteiger partial charge in [-0.15, -0.1) is 5.10 Å². The fourth-order valence-corrected chi connectivity index (χ4v) is 2.78. The maximum Gasteiger partial charge on any atom is 0.255 e. The first-order chi connectivity index (χ1) is 12.1. The summed E-state index contributed by atoms with van der Waals surface area (Å²) in [7, 11) is 1.75. The minimum atomic E-state index is -0.312. The summed E-state index contributed by atoms with van der Waals surface area (Å²) in [5.41, 5.74) is 1.77. The van der Waals surface area contributed by atoms with Gasteiger partial charge < -0.3 is 14.8 Å². The molecule has 0 spiro atoms. The van der Waals surface area contributed by atoms with Gasteiger partial charge >= 0.3 is 0 Å². The summed E-state index contributed by atoms with van der Waals surface area (Å²) in [6.45, 7) is 0.0912. The van der Waals surface area contributed by atoms with Gasteiger partial charge in [-0.05, 0) is 34.7 Å². The first kappa shape index (κ1) is 15.4. The lowest BCUT2D eigenvalue weighted by Crippen LogP contribution is -2.12. The van der Waals surface area contributed by atoms with E-state index in [1.807, 2.05) is 12.1 Å². The molecule has 2 aromatic carbocycles. The summed E-state index contributed by atoms with van der Waals surface area (Å²) < 4.78 is 12.1. The number of fused-ring (bicyclic) bond motifs is 1. The molecule has 0 saturated heterocycles. The monoisotopic (exact) mass is 357 g/mol. The maximum atomic E-state index is 12.5. The zero-order chi connectivity index (χ0) is 17.4. The van der Waals surface area contributed by atoms with Crippen molar-refractivity contribution in [2.45, 2.75) is 0 Å². The van der Waals surface area contributed by atoms with Crippen molar-refractivity contribution in [2.24, 2.45) is 7.05 Å². The number of ether oxygens (including phenoxy) is 2. The Hall–Kier alpha value is -3.13. The molecule has 1 amide bonds. The predicted octanol–water partition coefficient (Wildman–Crippen LogP) is 2.51. The molecule has 25 heavy (non-hydrogen) atoms. The Kier molecular flexibility index (Phi) is 3.73. The molecule has 2 heterocycles. The van der Waals surface area contributed by atoms with Gasteiger partial charge in [-0.3, -0.25) is 4.79 Å². The Balaban J connectivity index is 1.60. The van der Waals surface area contributed by atoms with Gasteiger partial charge in [0.2, 0.25) is 6.79 Å². The van der Waals surface area contributed by atoms with E-state index >= 15 is 0 Å². The number of amides is 1. The highest BCUT2D eigenvalue weighted by molar-refractivity contribution is 6.32. The highest BCUT2D eigenvalue weighted by Crippen LogP contribution is 2.39. The Morgan fingerprint density at radius 3 is 2.96 bits per heavy atom. The van der Waals surface area contributed by atoms with Crippen LogP contribution in [0.15, 0.2) is 36.4 Å². The van der Waals surface area contributed by atoms with E-state index in [1.165, 1.54) is 0 Å². The zero-order valence-electron chi connectivity index (χ0n) is 13.1. The van der Waals surface area contributed by atoms with Gasteiger partial charge in [-0.1, -0.05) is 23.7 Å². The van der Waals surface area contributed by atoms with Crippen molar-refractivity contribution >= 4 is 23.2 Å². The van der Waals surface area contributed by atoms with Crippen molar-refractivity contribution in [3.05, 3.63) is 47.0 Å². The van der Waals surface area contributed by atoms with Gasteiger partial charge in [-0.2, -0.15) is 0 Å². The zero-order valence-corrected chi connectivity index (χ0v) is 13.8. The fourth-order valence-electron chi connectivity index (χ4n) is 2.51. The third-order valence-electron chi connectivity index (χ3n) is 3.69. The SMILES string of the molecule is Cn1nnnc1-c1cccc(NC(=O)c2cc(Cl)c3c(c2)OCO3)c1. The number of benzene rings is 2. The summed E-state index contributed by atoms with van der Waals surface area (Å²) in [5.74, 6) is 1.20. The molecule has 8 nitrogen and oxygen atoms in total. The maximum absolute atomic E-state index is 12.5. The number of rotatable bonds is 3. The van der Waals surface area contributed by atoms with Crippen LogP contribution in [0.25, 0.3) is 11.4 Å². The Morgan fingerprint density at radius 1 is 1.28 bits per heavy atom. The van der Waals surface area contributed by atoms with Gasteiger partial charge in [-0.25, -0.2) is 4.68 Å². The Morgan fingerprint density at radius 2 is 2.16 bits per heavy atom. The molecule has 1 aromatic heterocycles. The Labute approximate surface area is 147 Å². The molecule has 0 atom stereocenters. The number of aromatic nitrogens is 4. The number of carbonyl (C=O) groups is 1. The molecule has 1 aliphatic rings. The average Bonchev–Trinajstić information content (AvgIpc) is 3.24. The van der Waals surface area contributed by atoms with E-state index in [9.17, 15) is 4.79 Å². The lowest BCUT2D eigenvalue weighted by molar-refractivity contribution is 0.102. The molecule has 0 bridgehead atoms. The normalized spacial score (nSPS) is 12.2. The third kappa shape index (κ3) is 2.87. The molecule has 1 N–H and O–H groups in total. The fraction of sp³-hybridized carbons (Fsp3) is 0.125. The molecule has 1 aliphatic heterocycles. The topological polar surface area (TPSA) is 91.2 Å². The van der Waals surface area contributed by atoms with E-state index in [2.05, 4.69) is 20.8 Å². The van der Waals surface area contributed by atoms with Crippen molar-refractivity contribution in [2.75, 3.05) is 12.1 Å². The van der Waals surface area contributed by atoms with Gasteiger partial charge in [0.15, 0.2) is 17.3 Å². The smallest absolute Gasteiger partial charge is 0.255 e. The number of hydrogen-bond acceptors (Lipinski definition) is 6. The van der Waals surface area contributed by atoms with Crippen molar-refractivity contribution in [1.82, 2.24) is 20.2 Å². The van der Waals surface area contributed by atoms with E-state index < -0.39 is 0 Å². The molecule has 0 fully saturated rings. The van der Waals surface area contributed by atoms with Crippen LogP contribution in [0, 0.1) is 0 Å². The average molecular weight is 358 g/mol. The molecule has 0 radical (unpaired) electrons. The number of aryl methyl sites for hydroxylation is 1. The number of halogens is 1.